The minimum absolute atomic E-state index is 0.124. The van der Waals surface area contributed by atoms with Crippen LogP contribution in [0.25, 0.3) is 0 Å². The Morgan fingerprint density at radius 2 is 1.92 bits per heavy atom. The highest BCUT2D eigenvalue weighted by molar-refractivity contribution is 5.95. The summed E-state index contributed by atoms with van der Waals surface area (Å²) in [4.78, 5) is 24.8. The number of carbonyl (C=O) groups is 1. The number of hydrogen-bond donors (Lipinski definition) is 1. The van der Waals surface area contributed by atoms with Gasteiger partial charge in [-0.1, -0.05) is 12.1 Å². The molecule has 8 heteroatoms. The Labute approximate surface area is 151 Å². The molecule has 2 rings (SSSR count). The van der Waals surface area contributed by atoms with Gasteiger partial charge in [-0.15, -0.1) is 0 Å². The fourth-order valence-electron chi connectivity index (χ4n) is 2.56. The molecule has 0 fully saturated rings. The van der Waals surface area contributed by atoms with E-state index in [0.717, 1.165) is 5.56 Å². The molecule has 138 valence electrons. The van der Waals surface area contributed by atoms with Crippen LogP contribution in [0.5, 0.6) is 11.5 Å². The number of rotatable bonds is 7. The van der Waals surface area contributed by atoms with E-state index in [0.29, 0.717) is 17.2 Å². The summed E-state index contributed by atoms with van der Waals surface area (Å²) in [5.74, 6) is 0.678. The summed E-state index contributed by atoms with van der Waals surface area (Å²) in [7, 11) is 6.46. The van der Waals surface area contributed by atoms with Crippen LogP contribution in [0.4, 0.5) is 11.4 Å². The first-order valence-electron chi connectivity index (χ1n) is 7.82. The van der Waals surface area contributed by atoms with Crippen LogP contribution in [0.15, 0.2) is 36.4 Å². The number of methoxy groups -OCH3 is 2. The van der Waals surface area contributed by atoms with Gasteiger partial charge in [0.2, 0.25) is 0 Å². The van der Waals surface area contributed by atoms with E-state index in [9.17, 15) is 14.9 Å². The molecule has 0 unspecified atom stereocenters. The zero-order valence-corrected chi connectivity index (χ0v) is 15.1. The maximum atomic E-state index is 12.4. The van der Waals surface area contributed by atoms with Crippen molar-refractivity contribution >= 4 is 17.3 Å². The second-order valence-corrected chi connectivity index (χ2v) is 5.69. The van der Waals surface area contributed by atoms with Crippen LogP contribution >= 0.6 is 0 Å². The topological polar surface area (TPSA) is 93.9 Å². The van der Waals surface area contributed by atoms with E-state index >= 15 is 0 Å². The normalized spacial score (nSPS) is 10.2. The minimum Gasteiger partial charge on any atom is -0.493 e. The molecular weight excluding hydrogens is 338 g/mol. The van der Waals surface area contributed by atoms with Crippen molar-refractivity contribution in [1.82, 2.24) is 5.32 Å². The first-order chi connectivity index (χ1) is 12.4. The van der Waals surface area contributed by atoms with E-state index in [1.807, 2.05) is 0 Å². The van der Waals surface area contributed by atoms with Gasteiger partial charge in [-0.05, 0) is 18.2 Å². The van der Waals surface area contributed by atoms with Gasteiger partial charge in [0.15, 0.2) is 11.5 Å². The number of anilines is 1. The molecule has 2 aromatic carbocycles. The first-order valence-corrected chi connectivity index (χ1v) is 7.82. The number of nitrogens with one attached hydrogen (secondary N) is 1. The smallest absolute Gasteiger partial charge is 0.293 e. The van der Waals surface area contributed by atoms with E-state index in [4.69, 9.17) is 9.47 Å². The van der Waals surface area contributed by atoms with E-state index in [1.54, 1.807) is 49.3 Å². The molecule has 0 saturated heterocycles. The number of nitro groups is 1. The summed E-state index contributed by atoms with van der Waals surface area (Å²) in [6, 6.07) is 9.74. The lowest BCUT2D eigenvalue weighted by molar-refractivity contribution is -0.384. The van der Waals surface area contributed by atoms with Crippen LogP contribution in [0.2, 0.25) is 0 Å². The van der Waals surface area contributed by atoms with Gasteiger partial charge in [0, 0.05) is 37.8 Å². The van der Waals surface area contributed by atoms with E-state index in [1.165, 1.54) is 20.3 Å². The fraction of sp³-hybridized carbons (Fsp3) is 0.278. The number of amides is 1. The van der Waals surface area contributed by atoms with Crippen molar-refractivity contribution in [2.45, 2.75) is 6.54 Å². The molecule has 1 N–H and O–H groups in total. The number of hydrogen-bond acceptors (Lipinski definition) is 6. The lowest BCUT2D eigenvalue weighted by atomic mass is 10.1. The highest BCUT2D eigenvalue weighted by Crippen LogP contribution is 2.31. The first kappa shape index (κ1) is 19.0. The van der Waals surface area contributed by atoms with E-state index in [-0.39, 0.29) is 17.8 Å². The van der Waals surface area contributed by atoms with Crippen LogP contribution in [0.1, 0.15) is 15.9 Å². The van der Waals surface area contributed by atoms with Crippen molar-refractivity contribution in [3.63, 3.8) is 0 Å². The molecule has 0 aliphatic rings. The summed E-state index contributed by atoms with van der Waals surface area (Å²) in [5, 5.41) is 14.0. The highest BCUT2D eigenvalue weighted by Gasteiger charge is 2.19. The van der Waals surface area contributed by atoms with Crippen LogP contribution < -0.4 is 19.7 Å². The monoisotopic (exact) mass is 359 g/mol. The third-order valence-corrected chi connectivity index (χ3v) is 3.84. The summed E-state index contributed by atoms with van der Waals surface area (Å²) >= 11 is 0. The zero-order valence-electron chi connectivity index (χ0n) is 15.1. The second kappa shape index (κ2) is 8.19. The Balaban J connectivity index is 2.21. The number of carbonyl (C=O) groups excluding carboxylic acids is 1. The maximum absolute atomic E-state index is 12.4. The Morgan fingerprint density at radius 3 is 2.50 bits per heavy atom. The molecule has 0 aliphatic carbocycles. The molecule has 1 amide bonds. The summed E-state index contributed by atoms with van der Waals surface area (Å²) in [5.41, 5.74) is 1.26. The van der Waals surface area contributed by atoms with Gasteiger partial charge in [0.25, 0.3) is 11.6 Å². The van der Waals surface area contributed by atoms with Gasteiger partial charge in [0.05, 0.1) is 19.1 Å². The maximum Gasteiger partial charge on any atom is 0.293 e. The third-order valence-electron chi connectivity index (χ3n) is 3.84. The average Bonchev–Trinajstić information content (AvgIpc) is 2.64. The molecule has 0 spiro atoms. The minimum atomic E-state index is -0.503. The fourth-order valence-corrected chi connectivity index (χ4v) is 2.56. The van der Waals surface area contributed by atoms with Gasteiger partial charge in [0.1, 0.15) is 5.69 Å². The molecule has 2 aromatic rings. The quantitative estimate of drug-likeness (QED) is 0.603. The van der Waals surface area contributed by atoms with Crippen molar-refractivity contribution in [3.05, 3.63) is 57.6 Å². The van der Waals surface area contributed by atoms with Crippen LogP contribution in [0.3, 0.4) is 0 Å². The lowest BCUT2D eigenvalue weighted by Crippen LogP contribution is -2.23. The number of nitro benzene ring substituents is 1. The van der Waals surface area contributed by atoms with Crippen molar-refractivity contribution in [1.29, 1.82) is 0 Å². The summed E-state index contributed by atoms with van der Waals surface area (Å²) in [6.07, 6.45) is 0. The van der Waals surface area contributed by atoms with Crippen molar-refractivity contribution in [2.24, 2.45) is 0 Å². The molecule has 0 heterocycles. The number of para-hydroxylation sites is 1. The number of nitrogens with zero attached hydrogens (tertiary/aromatic N) is 2. The van der Waals surface area contributed by atoms with Crippen molar-refractivity contribution in [2.75, 3.05) is 33.2 Å². The van der Waals surface area contributed by atoms with Gasteiger partial charge in [-0.2, -0.15) is 0 Å². The molecule has 0 aromatic heterocycles. The van der Waals surface area contributed by atoms with Gasteiger partial charge in [-0.3, -0.25) is 14.9 Å². The van der Waals surface area contributed by atoms with Gasteiger partial charge < -0.3 is 19.7 Å². The van der Waals surface area contributed by atoms with E-state index < -0.39 is 10.8 Å². The Hall–Kier alpha value is -3.29. The van der Waals surface area contributed by atoms with Crippen molar-refractivity contribution < 1.29 is 19.2 Å². The van der Waals surface area contributed by atoms with Gasteiger partial charge in [-0.25, -0.2) is 0 Å². The second-order valence-electron chi connectivity index (χ2n) is 5.69. The molecular formula is C18H21N3O5. The number of ether oxygens (including phenoxy) is 2. The molecule has 0 saturated carbocycles. The predicted octanol–water partition coefficient (Wildman–Crippen LogP) is 2.61. The lowest BCUT2D eigenvalue weighted by Gasteiger charge is -2.14. The van der Waals surface area contributed by atoms with Crippen LogP contribution in [-0.2, 0) is 6.54 Å². The SMILES string of the molecule is COc1cccc(CNC(=O)c2ccc(N(C)C)c([N+](=O)[O-])c2)c1OC. The summed E-state index contributed by atoms with van der Waals surface area (Å²) < 4.78 is 10.6. The van der Waals surface area contributed by atoms with Crippen molar-refractivity contribution in [3.8, 4) is 11.5 Å². The highest BCUT2D eigenvalue weighted by atomic mass is 16.6. The summed E-state index contributed by atoms with van der Waals surface area (Å²) in [6.45, 7) is 0.197. The Morgan fingerprint density at radius 1 is 1.19 bits per heavy atom. The zero-order chi connectivity index (χ0) is 19.3. The average molecular weight is 359 g/mol. The molecule has 0 atom stereocenters. The van der Waals surface area contributed by atoms with Gasteiger partial charge >= 0.3 is 0 Å². The predicted molar refractivity (Wildman–Crippen MR) is 98.1 cm³/mol. The standard InChI is InChI=1S/C18H21N3O5/c1-20(2)14-9-8-12(10-15(14)21(23)24)18(22)19-11-13-6-5-7-16(25-3)17(13)26-4/h5-10H,11H2,1-4H3,(H,19,22). The molecule has 26 heavy (non-hydrogen) atoms. The Bertz CT molecular complexity index is 820. The molecule has 0 bridgehead atoms. The van der Waals surface area contributed by atoms with Crippen LogP contribution in [0, 0.1) is 10.1 Å². The molecule has 0 aliphatic heterocycles. The largest absolute Gasteiger partial charge is 0.493 e. The number of benzene rings is 2. The third kappa shape index (κ3) is 4.02. The van der Waals surface area contributed by atoms with E-state index in [2.05, 4.69) is 5.32 Å². The van der Waals surface area contributed by atoms with Crippen LogP contribution in [-0.4, -0.2) is 39.1 Å². The molecule has 8 nitrogen and oxygen atoms in total. The molecule has 0 radical (unpaired) electrons. The Kier molecular flexibility index (Phi) is 6.00.